The molecule has 1 aromatic rings. The standard InChI is InChI=1S/C13H14F3NO3/c14-13(15,16)12(11(19)20)5-6-17(8-12)7-9-1-3-10(18)4-2-9/h1-4,18H,5-8H2,(H,19,20). The second-order valence-electron chi connectivity index (χ2n) is 5.01. The molecule has 4 nitrogen and oxygen atoms in total. The van der Waals surface area contributed by atoms with Crippen molar-refractivity contribution in [3.05, 3.63) is 29.8 Å². The van der Waals surface area contributed by atoms with Crippen LogP contribution in [0.1, 0.15) is 12.0 Å². The van der Waals surface area contributed by atoms with E-state index < -0.39 is 30.5 Å². The highest BCUT2D eigenvalue weighted by Crippen LogP contribution is 2.45. The van der Waals surface area contributed by atoms with Gasteiger partial charge >= 0.3 is 12.1 Å². The van der Waals surface area contributed by atoms with Crippen molar-refractivity contribution in [1.82, 2.24) is 4.90 Å². The average Bonchev–Trinajstić information content (AvgIpc) is 2.77. The lowest BCUT2D eigenvalue weighted by atomic mass is 9.86. The van der Waals surface area contributed by atoms with Crippen LogP contribution in [-0.2, 0) is 11.3 Å². The third-order valence-electron chi connectivity index (χ3n) is 3.64. The Hall–Kier alpha value is -1.76. The van der Waals surface area contributed by atoms with Crippen LogP contribution >= 0.6 is 0 Å². The molecule has 1 aliphatic heterocycles. The molecule has 1 aromatic carbocycles. The maximum Gasteiger partial charge on any atom is 0.406 e. The van der Waals surface area contributed by atoms with Crippen LogP contribution in [0.5, 0.6) is 5.75 Å². The molecular weight excluding hydrogens is 275 g/mol. The summed E-state index contributed by atoms with van der Waals surface area (Å²) in [6.45, 7) is -0.245. The van der Waals surface area contributed by atoms with E-state index in [-0.39, 0.29) is 18.8 Å². The number of carboxylic acids is 1. The molecule has 1 heterocycles. The Labute approximate surface area is 113 Å². The minimum atomic E-state index is -4.76. The molecular formula is C13H14F3NO3. The SMILES string of the molecule is O=C(O)C1(C(F)(F)F)CCN(Cc2ccc(O)cc2)C1. The largest absolute Gasteiger partial charge is 0.508 e. The van der Waals surface area contributed by atoms with Crippen LogP contribution in [0.15, 0.2) is 24.3 Å². The molecule has 0 aromatic heterocycles. The van der Waals surface area contributed by atoms with Gasteiger partial charge in [0.15, 0.2) is 5.41 Å². The molecule has 1 saturated heterocycles. The maximum absolute atomic E-state index is 13.0. The Morgan fingerprint density at radius 3 is 2.35 bits per heavy atom. The summed E-state index contributed by atoms with van der Waals surface area (Å²) in [4.78, 5) is 12.5. The first-order valence-electron chi connectivity index (χ1n) is 6.05. The van der Waals surface area contributed by atoms with Crippen molar-refractivity contribution < 1.29 is 28.2 Å². The lowest BCUT2D eigenvalue weighted by molar-refractivity contribution is -0.227. The number of carboxylic acid groups (broad SMARTS) is 1. The molecule has 1 aliphatic rings. The van der Waals surface area contributed by atoms with Gasteiger partial charge in [0.05, 0.1) is 0 Å². The zero-order valence-corrected chi connectivity index (χ0v) is 10.5. The fourth-order valence-corrected chi connectivity index (χ4v) is 2.41. The Kier molecular flexibility index (Phi) is 3.64. The number of hydrogen-bond acceptors (Lipinski definition) is 3. The summed E-state index contributed by atoms with van der Waals surface area (Å²) in [5, 5.41) is 18.1. The zero-order chi connectivity index (χ0) is 15.0. The van der Waals surface area contributed by atoms with Crippen molar-refractivity contribution in [2.45, 2.75) is 19.1 Å². The van der Waals surface area contributed by atoms with Gasteiger partial charge in [-0.2, -0.15) is 13.2 Å². The predicted octanol–water partition coefficient (Wildman–Crippen LogP) is 2.23. The van der Waals surface area contributed by atoms with Gasteiger partial charge in [-0.1, -0.05) is 12.1 Å². The van der Waals surface area contributed by atoms with Gasteiger partial charge in [0.2, 0.25) is 0 Å². The van der Waals surface area contributed by atoms with Gasteiger partial charge in [-0.05, 0) is 24.1 Å². The number of rotatable bonds is 3. The van der Waals surface area contributed by atoms with Gasteiger partial charge in [-0.15, -0.1) is 0 Å². The third kappa shape index (κ3) is 2.58. The lowest BCUT2D eigenvalue weighted by Crippen LogP contribution is -2.47. The third-order valence-corrected chi connectivity index (χ3v) is 3.64. The fourth-order valence-electron chi connectivity index (χ4n) is 2.41. The Morgan fingerprint density at radius 2 is 1.90 bits per heavy atom. The van der Waals surface area contributed by atoms with Crippen LogP contribution in [0, 0.1) is 5.41 Å². The van der Waals surface area contributed by atoms with Gasteiger partial charge in [-0.25, -0.2) is 0 Å². The minimum absolute atomic E-state index is 0.0744. The summed E-state index contributed by atoms with van der Waals surface area (Å²) >= 11 is 0. The van der Waals surface area contributed by atoms with Crippen LogP contribution in [-0.4, -0.2) is 40.3 Å². The first-order valence-corrected chi connectivity index (χ1v) is 6.05. The molecule has 0 aliphatic carbocycles. The quantitative estimate of drug-likeness (QED) is 0.896. The van der Waals surface area contributed by atoms with Gasteiger partial charge in [-0.3, -0.25) is 9.69 Å². The van der Waals surface area contributed by atoms with E-state index in [1.165, 1.54) is 17.0 Å². The first kappa shape index (κ1) is 14.6. The Morgan fingerprint density at radius 1 is 1.30 bits per heavy atom. The minimum Gasteiger partial charge on any atom is -0.508 e. The molecule has 2 N–H and O–H groups in total. The smallest absolute Gasteiger partial charge is 0.406 e. The molecule has 7 heteroatoms. The summed E-state index contributed by atoms with van der Waals surface area (Å²) < 4.78 is 39.0. The van der Waals surface area contributed by atoms with Gasteiger partial charge in [0, 0.05) is 19.6 Å². The Bertz CT molecular complexity index is 501. The number of phenolic OH excluding ortho intramolecular Hbond substituents is 1. The average molecular weight is 289 g/mol. The van der Waals surface area contributed by atoms with E-state index >= 15 is 0 Å². The van der Waals surface area contributed by atoms with Crippen molar-refractivity contribution in [3.63, 3.8) is 0 Å². The molecule has 1 fully saturated rings. The van der Waals surface area contributed by atoms with Crippen LogP contribution in [0.2, 0.25) is 0 Å². The van der Waals surface area contributed by atoms with E-state index in [0.29, 0.717) is 0 Å². The topological polar surface area (TPSA) is 60.8 Å². The van der Waals surface area contributed by atoms with Crippen LogP contribution < -0.4 is 0 Å². The van der Waals surface area contributed by atoms with E-state index in [2.05, 4.69) is 0 Å². The molecule has 1 atom stereocenters. The number of nitrogens with zero attached hydrogens (tertiary/aromatic N) is 1. The molecule has 0 bridgehead atoms. The van der Waals surface area contributed by atoms with E-state index in [9.17, 15) is 18.0 Å². The highest BCUT2D eigenvalue weighted by atomic mass is 19.4. The summed E-state index contributed by atoms with van der Waals surface area (Å²) in [5.41, 5.74) is -1.95. The summed E-state index contributed by atoms with van der Waals surface area (Å²) in [5.74, 6) is -1.75. The highest BCUT2D eigenvalue weighted by molar-refractivity contribution is 5.76. The second kappa shape index (κ2) is 4.97. The number of halogens is 3. The summed E-state index contributed by atoms with van der Waals surface area (Å²) in [6, 6.07) is 6.09. The van der Waals surface area contributed by atoms with E-state index in [1.54, 1.807) is 12.1 Å². The molecule has 0 saturated carbocycles. The highest BCUT2D eigenvalue weighted by Gasteiger charge is 2.63. The van der Waals surface area contributed by atoms with Gasteiger partial charge < -0.3 is 10.2 Å². The second-order valence-corrected chi connectivity index (χ2v) is 5.01. The number of carbonyl (C=O) groups is 1. The number of likely N-dealkylation sites (tertiary alicyclic amines) is 1. The molecule has 20 heavy (non-hydrogen) atoms. The predicted molar refractivity (Wildman–Crippen MR) is 64.1 cm³/mol. The summed E-state index contributed by atoms with van der Waals surface area (Å²) in [6.07, 6.45) is -5.20. The first-order chi connectivity index (χ1) is 9.24. The van der Waals surface area contributed by atoms with Crippen molar-refractivity contribution in [2.75, 3.05) is 13.1 Å². The van der Waals surface area contributed by atoms with Crippen molar-refractivity contribution in [2.24, 2.45) is 5.41 Å². The fraction of sp³-hybridized carbons (Fsp3) is 0.462. The van der Waals surface area contributed by atoms with Crippen molar-refractivity contribution >= 4 is 5.97 Å². The van der Waals surface area contributed by atoms with Crippen LogP contribution in [0.3, 0.4) is 0 Å². The monoisotopic (exact) mass is 289 g/mol. The van der Waals surface area contributed by atoms with Crippen molar-refractivity contribution in [3.8, 4) is 5.75 Å². The van der Waals surface area contributed by atoms with E-state index in [4.69, 9.17) is 10.2 Å². The van der Waals surface area contributed by atoms with E-state index in [0.717, 1.165) is 5.56 Å². The zero-order valence-electron chi connectivity index (χ0n) is 10.5. The molecule has 2 rings (SSSR count). The number of benzene rings is 1. The normalized spacial score (nSPS) is 23.9. The molecule has 0 radical (unpaired) electrons. The van der Waals surface area contributed by atoms with Gasteiger partial charge in [0.1, 0.15) is 5.75 Å². The van der Waals surface area contributed by atoms with E-state index in [1.807, 2.05) is 0 Å². The number of phenols is 1. The number of aromatic hydroxyl groups is 1. The maximum atomic E-state index is 13.0. The molecule has 110 valence electrons. The number of hydrogen-bond donors (Lipinski definition) is 2. The summed E-state index contributed by atoms with van der Waals surface area (Å²) in [7, 11) is 0. The molecule has 0 spiro atoms. The molecule has 1 unspecified atom stereocenters. The molecule has 0 amide bonds. The lowest BCUT2D eigenvalue weighted by Gasteiger charge is -2.27. The van der Waals surface area contributed by atoms with Gasteiger partial charge in [0.25, 0.3) is 0 Å². The number of alkyl halides is 3. The van der Waals surface area contributed by atoms with Crippen molar-refractivity contribution in [1.29, 1.82) is 0 Å². The Balaban J connectivity index is 2.11. The van der Waals surface area contributed by atoms with Crippen LogP contribution in [0.25, 0.3) is 0 Å². The number of aliphatic carboxylic acids is 1. The van der Waals surface area contributed by atoms with Crippen LogP contribution in [0.4, 0.5) is 13.2 Å².